The maximum Gasteiger partial charge on any atom is 0.243 e. The Labute approximate surface area is 144 Å². The molecule has 5 nitrogen and oxygen atoms in total. The molecule has 128 valence electrons. The normalized spacial score (nSPS) is 11.5. The van der Waals surface area contributed by atoms with Crippen molar-refractivity contribution in [3.05, 3.63) is 34.9 Å². The second-order valence-corrected chi connectivity index (χ2v) is 6.62. The fraction of sp³-hybridized carbons (Fsp3) is 0.529. The number of halogens is 1. The maximum absolute atomic E-state index is 11.8. The Morgan fingerprint density at radius 3 is 2.35 bits per heavy atom. The molecule has 23 heavy (non-hydrogen) atoms. The molecule has 1 aromatic carbocycles. The van der Waals surface area contributed by atoms with Crippen molar-refractivity contribution in [3.63, 3.8) is 0 Å². The Hall–Kier alpha value is -1.75. The van der Waals surface area contributed by atoms with Gasteiger partial charge in [0.2, 0.25) is 5.91 Å². The van der Waals surface area contributed by atoms with Gasteiger partial charge in [-0.25, -0.2) is 4.99 Å². The number of likely N-dealkylation sites (N-methyl/N-ethyl adjacent to an activating group) is 1. The molecule has 0 atom stereocenters. The molecular formula is C17H27ClN4O. The van der Waals surface area contributed by atoms with E-state index in [1.54, 1.807) is 19.0 Å². The molecule has 0 aromatic heterocycles. The van der Waals surface area contributed by atoms with Gasteiger partial charge < -0.3 is 15.1 Å². The van der Waals surface area contributed by atoms with Crippen LogP contribution in [-0.2, 0) is 11.3 Å². The molecule has 0 spiro atoms. The van der Waals surface area contributed by atoms with Crippen molar-refractivity contribution in [1.29, 1.82) is 0 Å². The van der Waals surface area contributed by atoms with Gasteiger partial charge in [-0.1, -0.05) is 37.6 Å². The summed E-state index contributed by atoms with van der Waals surface area (Å²) in [4.78, 5) is 19.8. The standard InChI is InChI=1S/C17H27ClN4O/c1-13(2)10-19-17(20-11-16(23)21(3)4)22(5)12-14-6-8-15(18)9-7-14/h6-9,13H,10-12H2,1-5H3,(H,19,20). The van der Waals surface area contributed by atoms with Crippen LogP contribution in [0.2, 0.25) is 5.02 Å². The predicted octanol–water partition coefficient (Wildman–Crippen LogP) is 2.46. The van der Waals surface area contributed by atoms with Crippen LogP contribution in [0.1, 0.15) is 19.4 Å². The lowest BCUT2D eigenvalue weighted by atomic mass is 10.2. The minimum absolute atomic E-state index is 0.0197. The van der Waals surface area contributed by atoms with E-state index >= 15 is 0 Å². The molecule has 0 radical (unpaired) electrons. The Morgan fingerprint density at radius 1 is 1.22 bits per heavy atom. The minimum atomic E-state index is -0.0197. The topological polar surface area (TPSA) is 47.9 Å². The zero-order valence-electron chi connectivity index (χ0n) is 14.6. The van der Waals surface area contributed by atoms with Gasteiger partial charge in [0.1, 0.15) is 6.54 Å². The summed E-state index contributed by atoms with van der Waals surface area (Å²) in [5.41, 5.74) is 1.13. The van der Waals surface area contributed by atoms with E-state index in [2.05, 4.69) is 24.2 Å². The van der Waals surface area contributed by atoms with Crippen molar-refractivity contribution in [2.75, 3.05) is 34.2 Å². The smallest absolute Gasteiger partial charge is 0.243 e. The monoisotopic (exact) mass is 338 g/mol. The summed E-state index contributed by atoms with van der Waals surface area (Å²) < 4.78 is 0. The quantitative estimate of drug-likeness (QED) is 0.640. The number of hydrogen-bond acceptors (Lipinski definition) is 2. The van der Waals surface area contributed by atoms with Crippen LogP contribution < -0.4 is 5.32 Å². The number of amides is 1. The fourth-order valence-corrected chi connectivity index (χ4v) is 1.96. The van der Waals surface area contributed by atoms with E-state index in [1.807, 2.05) is 36.2 Å². The zero-order valence-corrected chi connectivity index (χ0v) is 15.4. The summed E-state index contributed by atoms with van der Waals surface area (Å²) in [7, 11) is 5.42. The zero-order chi connectivity index (χ0) is 17.4. The van der Waals surface area contributed by atoms with Crippen molar-refractivity contribution in [1.82, 2.24) is 15.1 Å². The van der Waals surface area contributed by atoms with E-state index in [4.69, 9.17) is 11.6 Å². The molecule has 0 saturated heterocycles. The van der Waals surface area contributed by atoms with E-state index in [0.717, 1.165) is 23.1 Å². The lowest BCUT2D eigenvalue weighted by Crippen LogP contribution is -2.41. The van der Waals surface area contributed by atoms with Gasteiger partial charge in [-0.3, -0.25) is 4.79 Å². The first-order valence-corrected chi connectivity index (χ1v) is 8.11. The molecule has 1 rings (SSSR count). The third kappa shape index (κ3) is 7.37. The van der Waals surface area contributed by atoms with Crippen LogP contribution in [0.25, 0.3) is 0 Å². The molecule has 1 aromatic rings. The van der Waals surface area contributed by atoms with E-state index in [-0.39, 0.29) is 12.5 Å². The van der Waals surface area contributed by atoms with Crippen LogP contribution in [0.4, 0.5) is 0 Å². The minimum Gasteiger partial charge on any atom is -0.356 e. The molecule has 1 amide bonds. The maximum atomic E-state index is 11.8. The summed E-state index contributed by atoms with van der Waals surface area (Å²) in [5, 5.41) is 4.05. The average Bonchev–Trinajstić information content (AvgIpc) is 2.48. The van der Waals surface area contributed by atoms with E-state index in [0.29, 0.717) is 12.5 Å². The van der Waals surface area contributed by atoms with Crippen LogP contribution in [0.3, 0.4) is 0 Å². The van der Waals surface area contributed by atoms with Crippen LogP contribution in [0.15, 0.2) is 29.3 Å². The van der Waals surface area contributed by atoms with E-state index < -0.39 is 0 Å². The first kappa shape index (κ1) is 19.3. The summed E-state index contributed by atoms with van der Waals surface area (Å²) in [5.74, 6) is 1.20. The summed E-state index contributed by atoms with van der Waals surface area (Å²) in [6.07, 6.45) is 0. The third-order valence-corrected chi connectivity index (χ3v) is 3.48. The molecule has 0 heterocycles. The van der Waals surface area contributed by atoms with Crippen molar-refractivity contribution < 1.29 is 4.79 Å². The predicted molar refractivity (Wildman–Crippen MR) is 96.8 cm³/mol. The summed E-state index contributed by atoms with van der Waals surface area (Å²) in [6.45, 7) is 5.90. The number of carbonyl (C=O) groups is 1. The Balaban J connectivity index is 2.78. The first-order chi connectivity index (χ1) is 10.8. The first-order valence-electron chi connectivity index (χ1n) is 7.73. The lowest BCUT2D eigenvalue weighted by molar-refractivity contribution is -0.127. The van der Waals surface area contributed by atoms with E-state index in [1.165, 1.54) is 0 Å². The number of rotatable bonds is 6. The number of carbonyl (C=O) groups excluding carboxylic acids is 1. The highest BCUT2D eigenvalue weighted by molar-refractivity contribution is 6.30. The average molecular weight is 339 g/mol. The molecule has 0 bridgehead atoms. The van der Waals surface area contributed by atoms with Gasteiger partial charge in [-0.05, 0) is 23.6 Å². The van der Waals surface area contributed by atoms with Gasteiger partial charge in [0.05, 0.1) is 0 Å². The highest BCUT2D eigenvalue weighted by Crippen LogP contribution is 2.11. The van der Waals surface area contributed by atoms with Crippen LogP contribution in [-0.4, -0.2) is 55.9 Å². The Bertz CT molecular complexity index is 526. The molecule has 0 aliphatic rings. The second kappa shape index (κ2) is 9.40. The number of benzene rings is 1. The molecule has 0 saturated carbocycles. The van der Waals surface area contributed by atoms with Crippen LogP contribution in [0.5, 0.6) is 0 Å². The Kier molecular flexibility index (Phi) is 7.89. The van der Waals surface area contributed by atoms with Gasteiger partial charge in [0.15, 0.2) is 5.96 Å². The highest BCUT2D eigenvalue weighted by Gasteiger charge is 2.10. The molecule has 1 N–H and O–H groups in total. The largest absolute Gasteiger partial charge is 0.356 e. The molecule has 0 aliphatic carbocycles. The molecule has 0 unspecified atom stereocenters. The van der Waals surface area contributed by atoms with Crippen molar-refractivity contribution in [3.8, 4) is 0 Å². The molecule has 6 heteroatoms. The van der Waals surface area contributed by atoms with Gasteiger partial charge >= 0.3 is 0 Å². The third-order valence-electron chi connectivity index (χ3n) is 3.23. The van der Waals surface area contributed by atoms with Crippen LogP contribution in [0, 0.1) is 5.92 Å². The number of hydrogen-bond donors (Lipinski definition) is 1. The number of guanidine groups is 1. The van der Waals surface area contributed by atoms with Gasteiger partial charge in [0, 0.05) is 39.3 Å². The summed E-state index contributed by atoms with van der Waals surface area (Å²) >= 11 is 5.92. The van der Waals surface area contributed by atoms with Crippen molar-refractivity contribution in [2.24, 2.45) is 10.9 Å². The fourth-order valence-electron chi connectivity index (χ4n) is 1.83. The Morgan fingerprint density at radius 2 is 1.83 bits per heavy atom. The summed E-state index contributed by atoms with van der Waals surface area (Å²) in [6, 6.07) is 7.73. The second-order valence-electron chi connectivity index (χ2n) is 6.19. The van der Waals surface area contributed by atoms with Crippen LogP contribution >= 0.6 is 11.6 Å². The number of nitrogens with zero attached hydrogens (tertiary/aromatic N) is 3. The van der Waals surface area contributed by atoms with Gasteiger partial charge in [0.25, 0.3) is 0 Å². The van der Waals surface area contributed by atoms with Gasteiger partial charge in [-0.2, -0.15) is 0 Å². The molecule has 0 fully saturated rings. The van der Waals surface area contributed by atoms with E-state index in [9.17, 15) is 4.79 Å². The number of aliphatic imine (C=N–C) groups is 1. The number of nitrogens with one attached hydrogen (secondary N) is 1. The van der Waals surface area contributed by atoms with Crippen molar-refractivity contribution >= 4 is 23.5 Å². The van der Waals surface area contributed by atoms with Crippen molar-refractivity contribution in [2.45, 2.75) is 20.4 Å². The van der Waals surface area contributed by atoms with Gasteiger partial charge in [-0.15, -0.1) is 0 Å². The molecular weight excluding hydrogens is 312 g/mol. The highest BCUT2D eigenvalue weighted by atomic mass is 35.5. The molecule has 0 aliphatic heterocycles. The lowest BCUT2D eigenvalue weighted by Gasteiger charge is -2.23. The SMILES string of the molecule is CC(C)CNC(=NCC(=O)N(C)C)N(C)Cc1ccc(Cl)cc1.